The van der Waals surface area contributed by atoms with Crippen LogP contribution in [0.5, 0.6) is 0 Å². The fourth-order valence-corrected chi connectivity index (χ4v) is 5.03. The van der Waals surface area contributed by atoms with Crippen molar-refractivity contribution in [3.63, 3.8) is 0 Å². The van der Waals surface area contributed by atoms with Gasteiger partial charge in [-0.2, -0.15) is 0 Å². The number of amides is 2. The minimum atomic E-state index is -3.59. The van der Waals surface area contributed by atoms with E-state index < -0.39 is 16.1 Å². The summed E-state index contributed by atoms with van der Waals surface area (Å²) >= 11 is 5.82. The van der Waals surface area contributed by atoms with Crippen molar-refractivity contribution in [2.45, 2.75) is 50.1 Å². The first-order valence-electron chi connectivity index (χ1n) is 11.0. The van der Waals surface area contributed by atoms with E-state index in [9.17, 15) is 18.0 Å². The molecule has 0 unspecified atom stereocenters. The van der Waals surface area contributed by atoms with E-state index in [4.69, 9.17) is 11.6 Å². The summed E-state index contributed by atoms with van der Waals surface area (Å²) in [4.78, 5) is 29.2. The number of hydrogen-bond acceptors (Lipinski definition) is 5. The van der Waals surface area contributed by atoms with Crippen LogP contribution >= 0.6 is 11.6 Å². The van der Waals surface area contributed by atoms with Crippen molar-refractivity contribution in [1.29, 1.82) is 0 Å². The molecule has 0 aliphatic heterocycles. The molecule has 1 aliphatic carbocycles. The highest BCUT2D eigenvalue weighted by Crippen LogP contribution is 2.29. The lowest BCUT2D eigenvalue weighted by atomic mass is 9.81. The van der Waals surface area contributed by atoms with E-state index in [1.807, 2.05) is 12.1 Å². The molecule has 33 heavy (non-hydrogen) atoms. The van der Waals surface area contributed by atoms with Gasteiger partial charge in [-0.25, -0.2) is 13.1 Å². The SMILES string of the molecule is C[C@@H](NC(=O)C1CCC(CNS(=O)(=O)c2ccc(Cl)cc2)CC1)C(=O)NCc1ccccn1. The van der Waals surface area contributed by atoms with Gasteiger partial charge in [0, 0.05) is 23.7 Å². The third-order valence-electron chi connectivity index (χ3n) is 5.83. The van der Waals surface area contributed by atoms with Crippen LogP contribution in [0.4, 0.5) is 0 Å². The van der Waals surface area contributed by atoms with Gasteiger partial charge in [-0.3, -0.25) is 14.6 Å². The number of carbonyl (C=O) groups excluding carboxylic acids is 2. The summed E-state index contributed by atoms with van der Waals surface area (Å²) < 4.78 is 27.5. The van der Waals surface area contributed by atoms with Crippen molar-refractivity contribution < 1.29 is 18.0 Å². The maximum absolute atomic E-state index is 12.6. The van der Waals surface area contributed by atoms with Crippen molar-refractivity contribution in [3.8, 4) is 0 Å². The number of halogens is 1. The number of nitrogens with zero attached hydrogens (tertiary/aromatic N) is 1. The van der Waals surface area contributed by atoms with Gasteiger partial charge >= 0.3 is 0 Å². The van der Waals surface area contributed by atoms with E-state index in [1.165, 1.54) is 12.1 Å². The quantitative estimate of drug-likeness (QED) is 0.497. The van der Waals surface area contributed by atoms with E-state index >= 15 is 0 Å². The Kier molecular flexibility index (Phi) is 8.82. The molecule has 10 heteroatoms. The molecule has 2 amide bonds. The highest BCUT2D eigenvalue weighted by molar-refractivity contribution is 7.89. The number of benzene rings is 1. The van der Waals surface area contributed by atoms with Crippen LogP contribution in [-0.4, -0.2) is 37.8 Å². The molecule has 3 N–H and O–H groups in total. The zero-order chi connectivity index (χ0) is 23.8. The second-order valence-corrected chi connectivity index (χ2v) is 10.5. The maximum Gasteiger partial charge on any atom is 0.242 e. The van der Waals surface area contributed by atoms with Crippen LogP contribution in [0.2, 0.25) is 5.02 Å². The summed E-state index contributed by atoms with van der Waals surface area (Å²) in [5, 5.41) is 6.04. The Morgan fingerprint density at radius 1 is 1.09 bits per heavy atom. The molecule has 1 atom stereocenters. The molecule has 3 rings (SSSR count). The average molecular weight is 493 g/mol. The van der Waals surface area contributed by atoms with Gasteiger partial charge in [-0.15, -0.1) is 0 Å². The van der Waals surface area contributed by atoms with Crippen LogP contribution in [0.1, 0.15) is 38.3 Å². The third kappa shape index (κ3) is 7.52. The molecular formula is C23H29ClN4O4S. The summed E-state index contributed by atoms with van der Waals surface area (Å²) in [7, 11) is -3.59. The zero-order valence-corrected chi connectivity index (χ0v) is 20.0. The topological polar surface area (TPSA) is 117 Å². The molecule has 8 nitrogen and oxygen atoms in total. The highest BCUT2D eigenvalue weighted by atomic mass is 35.5. The Morgan fingerprint density at radius 3 is 2.42 bits per heavy atom. The van der Waals surface area contributed by atoms with E-state index in [2.05, 4.69) is 20.3 Å². The van der Waals surface area contributed by atoms with Crippen molar-refractivity contribution in [2.75, 3.05) is 6.54 Å². The number of nitrogens with one attached hydrogen (secondary N) is 3. The maximum atomic E-state index is 12.6. The average Bonchev–Trinajstić information content (AvgIpc) is 2.82. The number of aromatic nitrogens is 1. The van der Waals surface area contributed by atoms with Crippen LogP contribution in [0.3, 0.4) is 0 Å². The van der Waals surface area contributed by atoms with Crippen LogP contribution < -0.4 is 15.4 Å². The zero-order valence-electron chi connectivity index (χ0n) is 18.5. The first-order chi connectivity index (χ1) is 15.7. The number of hydrogen-bond donors (Lipinski definition) is 3. The molecular weight excluding hydrogens is 464 g/mol. The molecule has 0 bridgehead atoms. The highest BCUT2D eigenvalue weighted by Gasteiger charge is 2.29. The Labute approximate surface area is 199 Å². The molecule has 178 valence electrons. The Hall–Kier alpha value is -2.49. The van der Waals surface area contributed by atoms with Crippen LogP contribution in [-0.2, 0) is 26.2 Å². The summed E-state index contributed by atoms with van der Waals surface area (Å²) in [5.74, 6) is -0.426. The van der Waals surface area contributed by atoms with E-state index in [1.54, 1.807) is 31.3 Å². The van der Waals surface area contributed by atoms with Crippen molar-refractivity contribution in [2.24, 2.45) is 11.8 Å². The lowest BCUT2D eigenvalue weighted by Crippen LogP contribution is -2.47. The molecule has 0 spiro atoms. The fraction of sp³-hybridized carbons (Fsp3) is 0.435. The molecule has 1 aliphatic rings. The first kappa shape index (κ1) is 25.1. The van der Waals surface area contributed by atoms with E-state index in [-0.39, 0.29) is 28.5 Å². The molecule has 1 heterocycles. The number of pyridine rings is 1. The van der Waals surface area contributed by atoms with Gasteiger partial charge in [0.2, 0.25) is 21.8 Å². The van der Waals surface area contributed by atoms with Crippen LogP contribution in [0.15, 0.2) is 53.6 Å². The standard InChI is InChI=1S/C23H29ClN4O4S/c1-16(22(29)26-15-20-4-2-3-13-25-20)28-23(30)18-7-5-17(6-8-18)14-27-33(31,32)21-11-9-19(24)10-12-21/h2-4,9-13,16-18,27H,5-8,14-15H2,1H3,(H,26,29)(H,28,30)/t16-,17?,18?/m1/s1. The van der Waals surface area contributed by atoms with Gasteiger partial charge in [0.1, 0.15) is 6.04 Å². The molecule has 2 aromatic rings. The predicted octanol–water partition coefficient (Wildman–Crippen LogP) is 2.64. The largest absolute Gasteiger partial charge is 0.349 e. The van der Waals surface area contributed by atoms with Gasteiger partial charge in [0.25, 0.3) is 0 Å². The van der Waals surface area contributed by atoms with Gasteiger partial charge in [-0.05, 0) is 74.9 Å². The third-order valence-corrected chi connectivity index (χ3v) is 7.52. The summed E-state index contributed by atoms with van der Waals surface area (Å²) in [6.45, 7) is 2.28. The number of carbonyl (C=O) groups is 2. The van der Waals surface area contributed by atoms with Crippen LogP contribution in [0.25, 0.3) is 0 Å². The lowest BCUT2D eigenvalue weighted by molar-refractivity contribution is -0.131. The van der Waals surface area contributed by atoms with Crippen LogP contribution in [0, 0.1) is 11.8 Å². The second-order valence-electron chi connectivity index (χ2n) is 8.29. The minimum Gasteiger partial charge on any atom is -0.349 e. The Bertz CT molecular complexity index is 1040. The molecule has 1 aromatic heterocycles. The Balaban J connectivity index is 1.39. The molecule has 0 radical (unpaired) electrons. The van der Waals surface area contributed by atoms with Gasteiger partial charge in [0.15, 0.2) is 0 Å². The lowest BCUT2D eigenvalue weighted by Gasteiger charge is -2.28. The van der Waals surface area contributed by atoms with E-state index in [0.29, 0.717) is 31.0 Å². The minimum absolute atomic E-state index is 0.143. The predicted molar refractivity (Wildman–Crippen MR) is 126 cm³/mol. The van der Waals surface area contributed by atoms with Gasteiger partial charge < -0.3 is 10.6 Å². The molecule has 1 fully saturated rings. The Morgan fingerprint density at radius 2 is 1.79 bits per heavy atom. The summed E-state index contributed by atoms with van der Waals surface area (Å²) in [6, 6.07) is 10.8. The number of sulfonamides is 1. The summed E-state index contributed by atoms with van der Waals surface area (Å²) in [6.07, 6.45) is 4.44. The first-order valence-corrected chi connectivity index (χ1v) is 12.8. The van der Waals surface area contributed by atoms with Gasteiger partial charge in [-0.1, -0.05) is 17.7 Å². The normalized spacial score (nSPS) is 19.5. The van der Waals surface area contributed by atoms with Crippen molar-refractivity contribution in [3.05, 3.63) is 59.4 Å². The van der Waals surface area contributed by atoms with Gasteiger partial charge in [0.05, 0.1) is 17.1 Å². The summed E-state index contributed by atoms with van der Waals surface area (Å²) in [5.41, 5.74) is 0.745. The van der Waals surface area contributed by atoms with Crippen molar-refractivity contribution in [1.82, 2.24) is 20.3 Å². The van der Waals surface area contributed by atoms with E-state index in [0.717, 1.165) is 18.5 Å². The molecule has 0 saturated heterocycles. The smallest absolute Gasteiger partial charge is 0.242 e. The fourth-order valence-electron chi connectivity index (χ4n) is 3.78. The molecule has 1 aromatic carbocycles. The number of rotatable bonds is 9. The molecule has 1 saturated carbocycles. The second kappa shape index (κ2) is 11.6. The van der Waals surface area contributed by atoms with Crippen molar-refractivity contribution >= 4 is 33.4 Å². The monoisotopic (exact) mass is 492 g/mol.